The van der Waals surface area contributed by atoms with Crippen molar-refractivity contribution < 1.29 is 4.39 Å². The second kappa shape index (κ2) is 6.34. The molecule has 0 nitrogen and oxygen atoms in total. The Morgan fingerprint density at radius 3 is 1.62 bits per heavy atom. The summed E-state index contributed by atoms with van der Waals surface area (Å²) in [6.45, 7) is 2.00. The van der Waals surface area contributed by atoms with Crippen LogP contribution in [0.15, 0.2) is 30.1 Å². The third-order valence-corrected chi connectivity index (χ3v) is 0.667. The van der Waals surface area contributed by atoms with Gasteiger partial charge in [0, 0.05) is 0 Å². The summed E-state index contributed by atoms with van der Waals surface area (Å²) < 4.78 is 9.50. The standard InChI is InChI=1S/C5H5B.CH3F/c1-2-4-6-5-3-1;1-2/h1-5H;1H3. The second-order valence-corrected chi connectivity index (χ2v) is 1.15. The van der Waals surface area contributed by atoms with Gasteiger partial charge in [-0.25, -0.2) is 0 Å². The molecule has 0 N–H and O–H groups in total. The minimum absolute atomic E-state index is 0.500. The first-order valence-electron chi connectivity index (χ1n) is 2.38. The molecule has 0 bridgehead atoms. The first-order valence-corrected chi connectivity index (χ1v) is 2.38. The van der Waals surface area contributed by atoms with E-state index in [1.807, 2.05) is 37.0 Å². The summed E-state index contributed by atoms with van der Waals surface area (Å²) >= 11 is 0. The molecule has 0 fully saturated rings. The summed E-state index contributed by atoms with van der Waals surface area (Å²) in [5.41, 5.74) is 0. The van der Waals surface area contributed by atoms with Crippen molar-refractivity contribution in [2.45, 2.75) is 0 Å². The zero-order valence-electron chi connectivity index (χ0n) is 4.84. The van der Waals surface area contributed by atoms with Crippen molar-refractivity contribution in [3.63, 3.8) is 0 Å². The van der Waals surface area contributed by atoms with E-state index >= 15 is 0 Å². The Morgan fingerprint density at radius 2 is 1.50 bits per heavy atom. The molecule has 0 spiro atoms. The van der Waals surface area contributed by atoms with Crippen LogP contribution in [0.2, 0.25) is 0 Å². The van der Waals surface area contributed by atoms with Crippen LogP contribution in [0.5, 0.6) is 0 Å². The van der Waals surface area contributed by atoms with E-state index in [0.717, 1.165) is 0 Å². The molecule has 2 heteroatoms. The van der Waals surface area contributed by atoms with Gasteiger partial charge in [-0.1, -0.05) is 0 Å². The fourth-order valence-electron chi connectivity index (χ4n) is 0.385. The van der Waals surface area contributed by atoms with Crippen LogP contribution < -0.4 is 0 Å². The molecule has 0 saturated heterocycles. The predicted octanol–water partition coefficient (Wildman–Crippen LogP) is 1.61. The van der Waals surface area contributed by atoms with Crippen molar-refractivity contribution in [3.8, 4) is 0 Å². The Labute approximate surface area is 49.6 Å². The van der Waals surface area contributed by atoms with Gasteiger partial charge in [0.15, 0.2) is 0 Å². The second-order valence-electron chi connectivity index (χ2n) is 1.15. The van der Waals surface area contributed by atoms with Crippen molar-refractivity contribution in [1.29, 1.82) is 0 Å². The predicted molar refractivity (Wildman–Crippen MR) is 34.8 cm³/mol. The Hall–Kier alpha value is -0.655. The number of alkyl halides is 1. The van der Waals surface area contributed by atoms with Gasteiger partial charge in [-0.15, -0.1) is 0 Å². The van der Waals surface area contributed by atoms with Gasteiger partial charge in [-0.2, -0.15) is 0 Å². The molecule has 0 radical (unpaired) electrons. The van der Waals surface area contributed by atoms with Crippen LogP contribution in [0.4, 0.5) is 4.39 Å². The van der Waals surface area contributed by atoms with Gasteiger partial charge in [0.05, 0.1) is 7.18 Å². The quantitative estimate of drug-likeness (QED) is 0.475. The molecule has 0 saturated carbocycles. The molecular weight excluding hydrogens is 102 g/mol. The third-order valence-electron chi connectivity index (χ3n) is 0.667. The average molecular weight is 110 g/mol. The molecule has 0 amide bonds. The third kappa shape index (κ3) is 3.53. The Balaban J connectivity index is 0.000000222. The molecule has 0 atom stereocenters. The van der Waals surface area contributed by atoms with E-state index in [0.29, 0.717) is 7.18 Å². The van der Waals surface area contributed by atoms with Crippen LogP contribution in [-0.4, -0.2) is 14.1 Å². The average Bonchev–Trinajstić information content (AvgIpc) is 1.96. The summed E-state index contributed by atoms with van der Waals surface area (Å²) in [6, 6.07) is 6.00. The molecule has 1 aromatic rings. The van der Waals surface area contributed by atoms with Crippen LogP contribution in [0.1, 0.15) is 0 Å². The fourth-order valence-corrected chi connectivity index (χ4v) is 0.385. The van der Waals surface area contributed by atoms with Crippen molar-refractivity contribution >= 4 is 6.91 Å². The summed E-state index contributed by atoms with van der Waals surface area (Å²) in [6.07, 6.45) is 0. The van der Waals surface area contributed by atoms with Gasteiger partial charge >= 0.3 is 37.0 Å². The van der Waals surface area contributed by atoms with Crippen LogP contribution >= 0.6 is 0 Å². The van der Waals surface area contributed by atoms with Crippen molar-refractivity contribution in [3.05, 3.63) is 30.1 Å². The van der Waals surface area contributed by atoms with Gasteiger partial charge in [0.25, 0.3) is 0 Å². The Bertz CT molecular complexity index is 80.5. The first kappa shape index (κ1) is 7.34. The number of halogens is 1. The van der Waals surface area contributed by atoms with Gasteiger partial charge in [0.1, 0.15) is 0 Å². The van der Waals surface area contributed by atoms with Crippen molar-refractivity contribution in [1.82, 2.24) is 0 Å². The van der Waals surface area contributed by atoms with Crippen LogP contribution in [-0.2, 0) is 0 Å². The number of rotatable bonds is 0. The van der Waals surface area contributed by atoms with E-state index in [2.05, 4.69) is 0 Å². The van der Waals surface area contributed by atoms with E-state index in [1.54, 1.807) is 0 Å². The van der Waals surface area contributed by atoms with Crippen molar-refractivity contribution in [2.24, 2.45) is 0 Å². The van der Waals surface area contributed by atoms with E-state index in [1.165, 1.54) is 0 Å². The molecule has 1 rings (SSSR count). The van der Waals surface area contributed by atoms with Gasteiger partial charge in [0.2, 0.25) is 0 Å². The SMILES string of the molecule is CF.b1ccccc1. The number of hydrogen-bond acceptors (Lipinski definition) is 0. The molecule has 1 heterocycles. The minimum atomic E-state index is 0.500. The zero-order valence-corrected chi connectivity index (χ0v) is 4.84. The van der Waals surface area contributed by atoms with E-state index in [9.17, 15) is 4.39 Å². The van der Waals surface area contributed by atoms with Crippen molar-refractivity contribution in [2.75, 3.05) is 7.18 Å². The van der Waals surface area contributed by atoms with E-state index < -0.39 is 0 Å². The molecular formula is C6H8BF. The Kier molecular flexibility index (Phi) is 5.83. The summed E-state index contributed by atoms with van der Waals surface area (Å²) in [5.74, 6) is 4.00. The van der Waals surface area contributed by atoms with Gasteiger partial charge in [-0.05, 0) is 0 Å². The molecule has 0 aliphatic rings. The molecule has 0 aliphatic carbocycles. The maximum absolute atomic E-state index is 9.50. The zero-order chi connectivity index (χ0) is 6.24. The summed E-state index contributed by atoms with van der Waals surface area (Å²) in [4.78, 5) is 0. The summed E-state index contributed by atoms with van der Waals surface area (Å²) in [5, 5.41) is 0. The number of hydrogen-bond donors (Lipinski definition) is 0. The van der Waals surface area contributed by atoms with E-state index in [4.69, 9.17) is 0 Å². The summed E-state index contributed by atoms with van der Waals surface area (Å²) in [7, 11) is 0.500. The molecule has 8 heavy (non-hydrogen) atoms. The van der Waals surface area contributed by atoms with Gasteiger partial charge in [-0.3, -0.25) is 4.39 Å². The fraction of sp³-hybridized carbons (Fsp3) is 0.167. The topological polar surface area (TPSA) is 0 Å². The molecule has 0 aromatic carbocycles. The maximum atomic E-state index is 9.50. The monoisotopic (exact) mass is 110 g/mol. The van der Waals surface area contributed by atoms with Crippen LogP contribution in [0, 0.1) is 0 Å². The first-order chi connectivity index (χ1) is 4.00. The molecule has 1 aromatic heterocycles. The molecule has 0 aliphatic heterocycles. The Morgan fingerprint density at radius 1 is 1.00 bits per heavy atom. The molecule has 0 unspecified atom stereocenters. The van der Waals surface area contributed by atoms with Crippen LogP contribution in [0.25, 0.3) is 0 Å². The van der Waals surface area contributed by atoms with Gasteiger partial charge < -0.3 is 0 Å². The normalized spacial score (nSPS) is 6.25. The molecule has 42 valence electrons. The van der Waals surface area contributed by atoms with Crippen LogP contribution in [0.3, 0.4) is 0 Å². The van der Waals surface area contributed by atoms with E-state index in [-0.39, 0.29) is 0 Å².